The summed E-state index contributed by atoms with van der Waals surface area (Å²) in [5.74, 6) is -1.01. The van der Waals surface area contributed by atoms with Gasteiger partial charge in [-0.1, -0.05) is 6.07 Å². The van der Waals surface area contributed by atoms with Gasteiger partial charge in [-0.25, -0.2) is 9.78 Å². The predicted molar refractivity (Wildman–Crippen MR) is 70.7 cm³/mol. The van der Waals surface area contributed by atoms with Crippen molar-refractivity contribution in [2.45, 2.75) is 20.0 Å². The van der Waals surface area contributed by atoms with E-state index in [1.807, 2.05) is 19.2 Å². The third kappa shape index (κ3) is 3.59. The van der Waals surface area contributed by atoms with Gasteiger partial charge in [-0.2, -0.15) is 0 Å². The summed E-state index contributed by atoms with van der Waals surface area (Å²) in [7, 11) is 0. The van der Waals surface area contributed by atoms with E-state index in [2.05, 4.69) is 15.3 Å². The first kappa shape index (κ1) is 13.2. The highest BCUT2D eigenvalue weighted by Crippen LogP contribution is 2.05. The third-order valence-electron chi connectivity index (χ3n) is 2.78. The van der Waals surface area contributed by atoms with Crippen molar-refractivity contribution in [3.05, 3.63) is 59.2 Å². The summed E-state index contributed by atoms with van der Waals surface area (Å²) in [4.78, 5) is 18.9. The second kappa shape index (κ2) is 6.06. The predicted octanol–water partition coefficient (Wildman–Crippen LogP) is 1.77. The van der Waals surface area contributed by atoms with Gasteiger partial charge >= 0.3 is 5.97 Å². The Labute approximate surface area is 111 Å². The molecule has 98 valence electrons. The molecule has 0 spiro atoms. The number of rotatable bonds is 5. The van der Waals surface area contributed by atoms with Crippen LogP contribution in [0.1, 0.15) is 27.3 Å². The summed E-state index contributed by atoms with van der Waals surface area (Å²) >= 11 is 0. The van der Waals surface area contributed by atoms with E-state index in [4.69, 9.17) is 5.11 Å². The fourth-order valence-corrected chi connectivity index (χ4v) is 1.72. The molecule has 2 aromatic rings. The van der Waals surface area contributed by atoms with Crippen LogP contribution < -0.4 is 5.32 Å². The van der Waals surface area contributed by atoms with Gasteiger partial charge < -0.3 is 10.4 Å². The molecule has 0 amide bonds. The molecule has 2 heterocycles. The van der Waals surface area contributed by atoms with E-state index >= 15 is 0 Å². The topological polar surface area (TPSA) is 75.1 Å². The van der Waals surface area contributed by atoms with Gasteiger partial charge in [0.1, 0.15) is 5.69 Å². The quantitative estimate of drug-likeness (QED) is 0.853. The summed E-state index contributed by atoms with van der Waals surface area (Å²) < 4.78 is 0. The fraction of sp³-hybridized carbons (Fsp3) is 0.214. The third-order valence-corrected chi connectivity index (χ3v) is 2.78. The first-order valence-electron chi connectivity index (χ1n) is 5.96. The average Bonchev–Trinajstić information content (AvgIpc) is 2.41. The zero-order chi connectivity index (χ0) is 13.7. The molecule has 2 rings (SSSR count). The summed E-state index contributed by atoms with van der Waals surface area (Å²) in [6, 6.07) is 6.95. The van der Waals surface area contributed by atoms with Crippen molar-refractivity contribution in [3.8, 4) is 0 Å². The molecule has 2 aromatic heterocycles. The number of hydrogen-bond acceptors (Lipinski definition) is 4. The Morgan fingerprint density at radius 3 is 2.89 bits per heavy atom. The van der Waals surface area contributed by atoms with E-state index < -0.39 is 5.97 Å². The monoisotopic (exact) mass is 257 g/mol. The van der Waals surface area contributed by atoms with Gasteiger partial charge in [-0.05, 0) is 36.2 Å². The van der Waals surface area contributed by atoms with Crippen LogP contribution in [-0.4, -0.2) is 21.0 Å². The Kier molecular flexibility index (Phi) is 4.20. The maximum atomic E-state index is 10.8. The Bertz CT molecular complexity index is 584. The fourth-order valence-electron chi connectivity index (χ4n) is 1.72. The van der Waals surface area contributed by atoms with Crippen LogP contribution in [0.3, 0.4) is 0 Å². The van der Waals surface area contributed by atoms with Crippen LogP contribution in [0, 0.1) is 6.92 Å². The molecule has 0 radical (unpaired) electrons. The highest BCUT2D eigenvalue weighted by Gasteiger charge is 2.05. The molecule has 0 unspecified atom stereocenters. The first-order chi connectivity index (χ1) is 9.16. The van der Waals surface area contributed by atoms with Crippen molar-refractivity contribution in [3.63, 3.8) is 0 Å². The van der Waals surface area contributed by atoms with E-state index in [1.165, 1.54) is 11.6 Å². The summed E-state index contributed by atoms with van der Waals surface area (Å²) in [6.07, 6.45) is 3.58. The lowest BCUT2D eigenvalue weighted by atomic mass is 10.1. The number of aromatic carboxylic acids is 1. The second-order valence-corrected chi connectivity index (χ2v) is 4.23. The number of nitrogens with zero attached hydrogens (tertiary/aromatic N) is 2. The zero-order valence-electron chi connectivity index (χ0n) is 10.6. The molecule has 0 atom stereocenters. The van der Waals surface area contributed by atoms with Crippen molar-refractivity contribution in [2.24, 2.45) is 0 Å². The molecule has 0 aliphatic rings. The molecule has 5 nitrogen and oxygen atoms in total. The molecule has 19 heavy (non-hydrogen) atoms. The molecule has 2 N–H and O–H groups in total. The summed E-state index contributed by atoms with van der Waals surface area (Å²) in [5.41, 5.74) is 3.08. The highest BCUT2D eigenvalue weighted by atomic mass is 16.4. The van der Waals surface area contributed by atoms with Crippen LogP contribution >= 0.6 is 0 Å². The van der Waals surface area contributed by atoms with Crippen LogP contribution in [0.15, 0.2) is 36.7 Å². The van der Waals surface area contributed by atoms with Gasteiger partial charge in [0, 0.05) is 25.5 Å². The Balaban J connectivity index is 1.94. The van der Waals surface area contributed by atoms with Crippen LogP contribution in [-0.2, 0) is 13.1 Å². The summed E-state index contributed by atoms with van der Waals surface area (Å²) in [6.45, 7) is 3.24. The zero-order valence-corrected chi connectivity index (χ0v) is 10.6. The normalized spacial score (nSPS) is 10.4. The lowest BCUT2D eigenvalue weighted by Gasteiger charge is -2.07. The Morgan fingerprint density at radius 2 is 2.16 bits per heavy atom. The van der Waals surface area contributed by atoms with Crippen molar-refractivity contribution >= 4 is 5.97 Å². The number of hydrogen-bond donors (Lipinski definition) is 2. The first-order valence-corrected chi connectivity index (χ1v) is 5.96. The lowest BCUT2D eigenvalue weighted by Crippen LogP contribution is -2.15. The van der Waals surface area contributed by atoms with E-state index in [0.29, 0.717) is 18.8 Å². The molecular weight excluding hydrogens is 242 g/mol. The number of pyridine rings is 2. The number of carboxylic acid groups (broad SMARTS) is 1. The molecule has 0 aliphatic carbocycles. The van der Waals surface area contributed by atoms with Crippen molar-refractivity contribution in [1.29, 1.82) is 0 Å². The molecule has 5 heteroatoms. The molecule has 0 bridgehead atoms. The van der Waals surface area contributed by atoms with Crippen LogP contribution in [0.4, 0.5) is 0 Å². The SMILES string of the molecule is Cc1cnccc1CNCc1cccc(C(=O)O)n1. The van der Waals surface area contributed by atoms with Gasteiger partial charge in [0.05, 0.1) is 5.69 Å². The molecule has 0 fully saturated rings. The Hall–Kier alpha value is -2.27. The minimum Gasteiger partial charge on any atom is -0.477 e. The van der Waals surface area contributed by atoms with Crippen LogP contribution in [0.2, 0.25) is 0 Å². The van der Waals surface area contributed by atoms with Crippen LogP contribution in [0.25, 0.3) is 0 Å². The van der Waals surface area contributed by atoms with E-state index in [9.17, 15) is 4.79 Å². The number of carboxylic acids is 1. The van der Waals surface area contributed by atoms with Gasteiger partial charge in [0.25, 0.3) is 0 Å². The van der Waals surface area contributed by atoms with Gasteiger partial charge in [-0.15, -0.1) is 0 Å². The average molecular weight is 257 g/mol. The van der Waals surface area contributed by atoms with Crippen molar-refractivity contribution in [2.75, 3.05) is 0 Å². The van der Waals surface area contributed by atoms with Gasteiger partial charge in [0.2, 0.25) is 0 Å². The van der Waals surface area contributed by atoms with Crippen LogP contribution in [0.5, 0.6) is 0 Å². The molecule has 0 saturated heterocycles. The highest BCUT2D eigenvalue weighted by molar-refractivity contribution is 5.85. The number of aryl methyl sites for hydroxylation is 1. The Morgan fingerprint density at radius 1 is 1.32 bits per heavy atom. The van der Waals surface area contributed by atoms with E-state index in [0.717, 1.165) is 5.56 Å². The number of carbonyl (C=O) groups is 1. The van der Waals surface area contributed by atoms with Gasteiger partial charge in [0.15, 0.2) is 0 Å². The molecule has 0 aromatic carbocycles. The molecule has 0 saturated carbocycles. The smallest absolute Gasteiger partial charge is 0.354 e. The second-order valence-electron chi connectivity index (χ2n) is 4.23. The van der Waals surface area contributed by atoms with Gasteiger partial charge in [-0.3, -0.25) is 4.98 Å². The van der Waals surface area contributed by atoms with Crippen molar-refractivity contribution in [1.82, 2.24) is 15.3 Å². The largest absolute Gasteiger partial charge is 0.477 e. The maximum absolute atomic E-state index is 10.8. The lowest BCUT2D eigenvalue weighted by molar-refractivity contribution is 0.0690. The van der Waals surface area contributed by atoms with E-state index in [-0.39, 0.29) is 5.69 Å². The standard InChI is InChI=1S/C14H15N3O2/c1-10-7-15-6-5-11(10)8-16-9-12-3-2-4-13(17-12)14(18)19/h2-7,16H,8-9H2,1H3,(H,18,19). The number of aromatic nitrogens is 2. The minimum absolute atomic E-state index is 0.0689. The summed E-state index contributed by atoms with van der Waals surface area (Å²) in [5, 5.41) is 12.1. The molecular formula is C14H15N3O2. The van der Waals surface area contributed by atoms with E-state index in [1.54, 1.807) is 18.3 Å². The maximum Gasteiger partial charge on any atom is 0.354 e. The minimum atomic E-state index is -1.01. The number of nitrogens with one attached hydrogen (secondary N) is 1. The molecule has 0 aliphatic heterocycles. The van der Waals surface area contributed by atoms with Crippen molar-refractivity contribution < 1.29 is 9.90 Å².